The van der Waals surface area contributed by atoms with Gasteiger partial charge in [-0.2, -0.15) is 18.2 Å². The molecule has 1 aliphatic rings. The van der Waals surface area contributed by atoms with Crippen LogP contribution in [0.15, 0.2) is 23.2 Å². The smallest absolute Gasteiger partial charge is 0.473 e. The molecule has 1 aliphatic heterocycles. The van der Waals surface area contributed by atoms with Crippen molar-refractivity contribution in [2.45, 2.75) is 84.9 Å². The number of carbonyl (C=O) groups excluding carboxylic acids is 3. The number of nitrogens with zero attached hydrogens (tertiary/aromatic N) is 3. The Morgan fingerprint density at radius 3 is 1.91 bits per heavy atom. The molecule has 12 nitrogen and oxygen atoms in total. The molecule has 0 saturated heterocycles. The number of alkyl carbamates (subject to hydrolysis) is 2. The van der Waals surface area contributed by atoms with E-state index in [0.29, 0.717) is 5.75 Å². The van der Waals surface area contributed by atoms with E-state index in [-0.39, 0.29) is 71.3 Å². The maximum absolute atomic E-state index is 13.4. The predicted molar refractivity (Wildman–Crippen MR) is 156 cm³/mol. The lowest BCUT2D eigenvalue weighted by molar-refractivity contribution is -0.169. The molecular weight excluding hydrogens is 587 g/mol. The van der Waals surface area contributed by atoms with E-state index in [1.54, 1.807) is 64.6 Å². The van der Waals surface area contributed by atoms with Crippen molar-refractivity contribution in [3.63, 3.8) is 0 Å². The van der Waals surface area contributed by atoms with Gasteiger partial charge in [-0.3, -0.25) is 4.79 Å². The number of hydrogen-bond acceptors (Lipinski definition) is 7. The summed E-state index contributed by atoms with van der Waals surface area (Å²) in [4.78, 5) is 42.9. The van der Waals surface area contributed by atoms with Crippen LogP contribution in [-0.2, 0) is 27.4 Å². The van der Waals surface area contributed by atoms with Crippen LogP contribution >= 0.6 is 0 Å². The molecule has 0 radical (unpaired) electrons. The fourth-order valence-electron chi connectivity index (χ4n) is 4.12. The summed E-state index contributed by atoms with van der Waals surface area (Å²) in [5.41, 5.74) is 0.170. The Morgan fingerprint density at radius 1 is 0.909 bits per heavy atom. The number of hydrogen-bond donors (Lipinski definition) is 3. The third kappa shape index (κ3) is 13.3. The predicted octanol–water partition coefficient (Wildman–Crippen LogP) is 3.95. The normalized spacial score (nSPS) is 13.7. The van der Waals surface area contributed by atoms with Gasteiger partial charge in [0.05, 0.1) is 6.61 Å². The first-order valence-corrected chi connectivity index (χ1v) is 14.4. The second kappa shape index (κ2) is 15.8. The van der Waals surface area contributed by atoms with Crippen molar-refractivity contribution in [3.8, 4) is 5.75 Å². The number of benzene rings is 1. The van der Waals surface area contributed by atoms with E-state index in [9.17, 15) is 27.6 Å². The van der Waals surface area contributed by atoms with Gasteiger partial charge in [0.15, 0.2) is 0 Å². The van der Waals surface area contributed by atoms with Crippen molar-refractivity contribution >= 4 is 24.1 Å². The zero-order chi connectivity index (χ0) is 33.1. The quantitative estimate of drug-likeness (QED) is 0.188. The number of aliphatic hydroxyl groups is 1. The highest BCUT2D eigenvalue weighted by molar-refractivity contribution is 5.96. The molecule has 0 spiro atoms. The summed E-state index contributed by atoms with van der Waals surface area (Å²) in [5.74, 6) is -1.95. The van der Waals surface area contributed by atoms with Crippen LogP contribution in [0.2, 0.25) is 0 Å². The van der Waals surface area contributed by atoms with Crippen LogP contribution in [0.3, 0.4) is 0 Å². The number of halogens is 3. The van der Waals surface area contributed by atoms with Gasteiger partial charge in [0, 0.05) is 39.3 Å². The summed E-state index contributed by atoms with van der Waals surface area (Å²) in [6.45, 7) is 11.1. The first kappa shape index (κ1) is 36.4. The highest BCUT2D eigenvalue weighted by Gasteiger charge is 2.40. The molecule has 15 heteroatoms. The Labute approximate surface area is 255 Å². The summed E-state index contributed by atoms with van der Waals surface area (Å²) in [5, 5.41) is 14.3. The van der Waals surface area contributed by atoms with Crippen molar-refractivity contribution in [2.75, 3.05) is 39.4 Å². The number of ether oxygens (including phenoxy) is 3. The van der Waals surface area contributed by atoms with E-state index in [4.69, 9.17) is 19.3 Å². The SMILES string of the molecule is CC(C)(C)OC(=O)NCCCN(CCCNC(=O)OC(C)(C)C)C(=NC(=O)C(F)(F)F)N1Cc2ccc(OCCO)cc2C1. The number of aliphatic hydroxyl groups excluding tert-OH is 1. The number of aliphatic imine (C=N–C) groups is 1. The molecule has 0 unspecified atom stereocenters. The second-order valence-electron chi connectivity index (χ2n) is 12.1. The molecule has 2 rings (SSSR count). The molecule has 0 aromatic heterocycles. The largest absolute Gasteiger partial charge is 0.491 e. The first-order valence-electron chi connectivity index (χ1n) is 14.4. The van der Waals surface area contributed by atoms with E-state index >= 15 is 0 Å². The van der Waals surface area contributed by atoms with Gasteiger partial charge >= 0.3 is 24.3 Å². The Hall–Kier alpha value is -3.75. The summed E-state index contributed by atoms with van der Waals surface area (Å²) < 4.78 is 56.1. The van der Waals surface area contributed by atoms with Crippen molar-refractivity contribution < 1.29 is 46.9 Å². The van der Waals surface area contributed by atoms with Crippen molar-refractivity contribution in [1.82, 2.24) is 20.4 Å². The zero-order valence-electron chi connectivity index (χ0n) is 26.2. The average Bonchev–Trinajstić information content (AvgIpc) is 3.30. The number of alkyl halides is 3. The fourth-order valence-corrected chi connectivity index (χ4v) is 4.12. The average molecular weight is 632 g/mol. The first-order chi connectivity index (χ1) is 20.4. The highest BCUT2D eigenvalue weighted by atomic mass is 19.4. The lowest BCUT2D eigenvalue weighted by atomic mass is 10.1. The Bertz CT molecular complexity index is 1130. The van der Waals surface area contributed by atoms with Gasteiger partial charge in [-0.05, 0) is 77.6 Å². The van der Waals surface area contributed by atoms with Gasteiger partial charge in [0.1, 0.15) is 23.6 Å². The van der Waals surface area contributed by atoms with Gasteiger partial charge < -0.3 is 39.8 Å². The topological polar surface area (TPSA) is 142 Å². The summed E-state index contributed by atoms with van der Waals surface area (Å²) in [6, 6.07) is 5.19. The molecule has 1 heterocycles. The minimum absolute atomic E-state index is 0.0811. The van der Waals surface area contributed by atoms with Gasteiger partial charge in [0.2, 0.25) is 5.96 Å². The molecule has 3 amide bonds. The van der Waals surface area contributed by atoms with E-state index in [1.807, 2.05) is 0 Å². The lowest BCUT2D eigenvalue weighted by Gasteiger charge is -2.32. The van der Waals surface area contributed by atoms with Crippen molar-refractivity contribution in [1.29, 1.82) is 0 Å². The number of amides is 3. The number of fused-ring (bicyclic) bond motifs is 1. The summed E-state index contributed by atoms with van der Waals surface area (Å²) >= 11 is 0. The number of nitrogens with one attached hydrogen (secondary N) is 2. The van der Waals surface area contributed by atoms with E-state index in [0.717, 1.165) is 11.1 Å². The molecule has 248 valence electrons. The molecule has 0 bridgehead atoms. The molecule has 0 fully saturated rings. The molecule has 3 N–H and O–H groups in total. The Kier molecular flexibility index (Phi) is 13.1. The van der Waals surface area contributed by atoms with E-state index in [1.165, 1.54) is 4.90 Å². The second-order valence-corrected chi connectivity index (χ2v) is 12.1. The van der Waals surface area contributed by atoms with Crippen LogP contribution in [0.25, 0.3) is 0 Å². The lowest BCUT2D eigenvalue weighted by Crippen LogP contribution is -2.45. The molecule has 0 saturated carbocycles. The van der Waals surface area contributed by atoms with E-state index in [2.05, 4.69) is 15.6 Å². The standard InChI is InChI=1S/C29H44F3N5O7/c1-27(2,3)43-25(40)33-11-7-13-36(14-8-12-34-26(41)44-28(4,5)6)24(35-23(39)29(30,31)32)37-18-20-9-10-22(42-16-15-38)17-21(20)19-37/h9-10,17,38H,7-8,11-16,18-19H2,1-6H3,(H,33,40)(H,34,41). The summed E-state index contributed by atoms with van der Waals surface area (Å²) in [6.07, 6.45) is -5.89. The maximum Gasteiger partial charge on any atom is 0.473 e. The Morgan fingerprint density at radius 2 is 1.43 bits per heavy atom. The van der Waals surface area contributed by atoms with Gasteiger partial charge in [-0.1, -0.05) is 6.07 Å². The monoisotopic (exact) mass is 631 g/mol. The zero-order valence-corrected chi connectivity index (χ0v) is 26.2. The molecular formula is C29H44F3N5O7. The van der Waals surface area contributed by atoms with Crippen LogP contribution in [0.5, 0.6) is 5.75 Å². The van der Waals surface area contributed by atoms with Crippen LogP contribution < -0.4 is 15.4 Å². The van der Waals surface area contributed by atoms with Crippen LogP contribution in [-0.4, -0.2) is 95.7 Å². The van der Waals surface area contributed by atoms with Crippen LogP contribution in [0.1, 0.15) is 65.5 Å². The summed E-state index contributed by atoms with van der Waals surface area (Å²) in [7, 11) is 0. The molecule has 0 aliphatic carbocycles. The van der Waals surface area contributed by atoms with Crippen LogP contribution in [0, 0.1) is 0 Å². The fraction of sp³-hybridized carbons (Fsp3) is 0.655. The van der Waals surface area contributed by atoms with Crippen molar-refractivity contribution in [3.05, 3.63) is 29.3 Å². The van der Waals surface area contributed by atoms with Crippen molar-refractivity contribution in [2.24, 2.45) is 4.99 Å². The number of carbonyl (C=O) groups is 3. The van der Waals surface area contributed by atoms with Gasteiger partial charge in [-0.25, -0.2) is 9.59 Å². The Balaban J connectivity index is 2.26. The number of rotatable bonds is 11. The van der Waals surface area contributed by atoms with E-state index < -0.39 is 35.5 Å². The maximum atomic E-state index is 13.4. The third-order valence-electron chi connectivity index (χ3n) is 5.82. The third-order valence-corrected chi connectivity index (χ3v) is 5.82. The molecule has 44 heavy (non-hydrogen) atoms. The van der Waals surface area contributed by atoms with Crippen LogP contribution in [0.4, 0.5) is 22.8 Å². The van der Waals surface area contributed by atoms with Gasteiger partial charge in [-0.15, -0.1) is 0 Å². The molecule has 1 aromatic carbocycles. The highest BCUT2D eigenvalue weighted by Crippen LogP contribution is 2.28. The molecule has 1 aromatic rings. The van der Waals surface area contributed by atoms with Gasteiger partial charge in [0.25, 0.3) is 0 Å². The molecule has 0 atom stereocenters. The minimum atomic E-state index is -5.19. The number of guanidine groups is 1. The minimum Gasteiger partial charge on any atom is -0.491 e.